The number of aromatic amines is 1. The standard InChI is InChI=1S/C26H28N4O2S/c1-4-5-13-30-25(32)24-23(20(15-27-24)19-9-7-6-8-10-19)29-26(30)33-16-22(31)28-21-14-17(2)11-12-18(21)3/h6-12,14-15,27H,4-5,13,16H2,1-3H3,(H,28,31). The van der Waals surface area contributed by atoms with E-state index in [4.69, 9.17) is 4.98 Å². The molecule has 0 unspecified atom stereocenters. The van der Waals surface area contributed by atoms with E-state index in [1.54, 1.807) is 4.57 Å². The number of carbonyl (C=O) groups excluding carboxylic acids is 1. The third-order valence-corrected chi connectivity index (χ3v) is 6.55. The molecule has 0 aliphatic heterocycles. The Kier molecular flexibility index (Phi) is 6.99. The van der Waals surface area contributed by atoms with Gasteiger partial charge >= 0.3 is 0 Å². The fraction of sp³-hybridized carbons (Fsp3) is 0.269. The Morgan fingerprint density at radius 3 is 2.70 bits per heavy atom. The Hall–Kier alpha value is -3.32. The van der Waals surface area contributed by atoms with Crippen molar-refractivity contribution < 1.29 is 4.79 Å². The number of anilines is 1. The number of unbranched alkanes of at least 4 members (excludes halogenated alkanes) is 1. The van der Waals surface area contributed by atoms with Gasteiger partial charge in [-0.1, -0.05) is 67.6 Å². The summed E-state index contributed by atoms with van der Waals surface area (Å²) in [5.74, 6) is 0.0465. The van der Waals surface area contributed by atoms with Crippen molar-refractivity contribution in [3.8, 4) is 11.1 Å². The minimum absolute atomic E-state index is 0.104. The van der Waals surface area contributed by atoms with E-state index in [9.17, 15) is 9.59 Å². The maximum atomic E-state index is 13.3. The van der Waals surface area contributed by atoms with Gasteiger partial charge in [0.1, 0.15) is 11.0 Å². The van der Waals surface area contributed by atoms with Gasteiger partial charge in [-0.15, -0.1) is 0 Å². The molecule has 0 aliphatic carbocycles. The molecule has 4 aromatic rings. The number of nitrogens with zero attached hydrogens (tertiary/aromatic N) is 2. The van der Waals surface area contributed by atoms with E-state index in [0.29, 0.717) is 22.7 Å². The van der Waals surface area contributed by atoms with Gasteiger partial charge in [0.15, 0.2) is 5.16 Å². The molecule has 1 amide bonds. The third kappa shape index (κ3) is 5.03. The summed E-state index contributed by atoms with van der Waals surface area (Å²) < 4.78 is 1.69. The molecule has 0 fully saturated rings. The number of thioether (sulfide) groups is 1. The summed E-state index contributed by atoms with van der Waals surface area (Å²) in [5, 5.41) is 3.55. The molecule has 0 atom stereocenters. The molecular weight excluding hydrogens is 432 g/mol. The first kappa shape index (κ1) is 22.9. The minimum Gasteiger partial charge on any atom is -0.355 e. The van der Waals surface area contributed by atoms with Crippen LogP contribution in [-0.4, -0.2) is 26.2 Å². The summed E-state index contributed by atoms with van der Waals surface area (Å²) in [6.07, 6.45) is 3.66. The van der Waals surface area contributed by atoms with E-state index in [1.165, 1.54) is 11.8 Å². The highest BCUT2D eigenvalue weighted by Crippen LogP contribution is 2.28. The molecule has 170 valence electrons. The van der Waals surface area contributed by atoms with Crippen LogP contribution in [0.4, 0.5) is 5.69 Å². The molecule has 0 radical (unpaired) electrons. The summed E-state index contributed by atoms with van der Waals surface area (Å²) in [6.45, 7) is 6.62. The lowest BCUT2D eigenvalue weighted by Crippen LogP contribution is -2.24. The van der Waals surface area contributed by atoms with Crippen molar-refractivity contribution in [1.29, 1.82) is 0 Å². The molecule has 0 bridgehead atoms. The average molecular weight is 461 g/mol. The number of H-pyrrole nitrogens is 1. The Balaban J connectivity index is 1.65. The van der Waals surface area contributed by atoms with Gasteiger partial charge in [0.25, 0.3) is 5.56 Å². The summed E-state index contributed by atoms with van der Waals surface area (Å²) in [7, 11) is 0. The fourth-order valence-electron chi connectivity index (χ4n) is 3.72. The van der Waals surface area contributed by atoms with Crippen LogP contribution in [0.5, 0.6) is 0 Å². The van der Waals surface area contributed by atoms with Crippen molar-refractivity contribution in [2.45, 2.75) is 45.3 Å². The smallest absolute Gasteiger partial charge is 0.278 e. The second-order valence-corrected chi connectivity index (χ2v) is 9.09. The van der Waals surface area contributed by atoms with E-state index in [-0.39, 0.29) is 17.2 Å². The summed E-state index contributed by atoms with van der Waals surface area (Å²) in [4.78, 5) is 34.0. The molecule has 33 heavy (non-hydrogen) atoms. The molecule has 2 aromatic carbocycles. The zero-order chi connectivity index (χ0) is 23.4. The normalized spacial score (nSPS) is 11.1. The Labute approximate surface area is 197 Å². The number of nitrogens with one attached hydrogen (secondary N) is 2. The van der Waals surface area contributed by atoms with Crippen molar-refractivity contribution in [3.63, 3.8) is 0 Å². The lowest BCUT2D eigenvalue weighted by molar-refractivity contribution is -0.113. The highest BCUT2D eigenvalue weighted by Gasteiger charge is 2.17. The van der Waals surface area contributed by atoms with Gasteiger partial charge in [0, 0.05) is 24.0 Å². The number of amides is 1. The minimum atomic E-state index is -0.123. The number of hydrogen-bond acceptors (Lipinski definition) is 4. The van der Waals surface area contributed by atoms with E-state index < -0.39 is 0 Å². The van der Waals surface area contributed by atoms with Crippen molar-refractivity contribution in [3.05, 3.63) is 76.2 Å². The second-order valence-electron chi connectivity index (χ2n) is 8.15. The highest BCUT2D eigenvalue weighted by molar-refractivity contribution is 7.99. The van der Waals surface area contributed by atoms with Gasteiger partial charge in [-0.2, -0.15) is 0 Å². The first-order valence-corrected chi connectivity index (χ1v) is 12.1. The predicted molar refractivity (Wildman–Crippen MR) is 136 cm³/mol. The molecule has 0 saturated heterocycles. The van der Waals surface area contributed by atoms with Crippen LogP contribution >= 0.6 is 11.8 Å². The zero-order valence-electron chi connectivity index (χ0n) is 19.1. The molecule has 2 aromatic heterocycles. The van der Waals surface area contributed by atoms with Gasteiger partial charge < -0.3 is 10.3 Å². The van der Waals surface area contributed by atoms with Crippen LogP contribution in [0.2, 0.25) is 0 Å². The number of rotatable bonds is 8. The second kappa shape index (κ2) is 10.1. The van der Waals surface area contributed by atoms with Gasteiger partial charge in [-0.3, -0.25) is 14.2 Å². The van der Waals surface area contributed by atoms with Crippen LogP contribution in [0.1, 0.15) is 30.9 Å². The molecule has 0 spiro atoms. The van der Waals surface area contributed by atoms with Gasteiger partial charge in [0.05, 0.1) is 5.75 Å². The summed E-state index contributed by atoms with van der Waals surface area (Å²) >= 11 is 1.30. The monoisotopic (exact) mass is 460 g/mol. The fourth-order valence-corrected chi connectivity index (χ4v) is 4.54. The lowest BCUT2D eigenvalue weighted by Gasteiger charge is -2.13. The maximum Gasteiger partial charge on any atom is 0.278 e. The van der Waals surface area contributed by atoms with Crippen molar-refractivity contribution in [2.24, 2.45) is 0 Å². The molecule has 7 heteroatoms. The Bertz CT molecular complexity index is 1340. The lowest BCUT2D eigenvalue weighted by atomic mass is 10.1. The molecule has 0 aliphatic rings. The van der Waals surface area contributed by atoms with Crippen molar-refractivity contribution in [2.75, 3.05) is 11.1 Å². The maximum absolute atomic E-state index is 13.3. The molecule has 2 N–H and O–H groups in total. The Morgan fingerprint density at radius 1 is 1.15 bits per heavy atom. The number of hydrogen-bond donors (Lipinski definition) is 2. The van der Waals surface area contributed by atoms with Crippen LogP contribution in [0, 0.1) is 13.8 Å². The quantitative estimate of drug-likeness (QED) is 0.267. The van der Waals surface area contributed by atoms with E-state index in [2.05, 4.69) is 17.2 Å². The van der Waals surface area contributed by atoms with E-state index in [1.807, 2.05) is 68.6 Å². The highest BCUT2D eigenvalue weighted by atomic mass is 32.2. The number of carbonyl (C=O) groups is 1. The largest absolute Gasteiger partial charge is 0.355 e. The number of aromatic nitrogens is 3. The van der Waals surface area contributed by atoms with Crippen LogP contribution in [-0.2, 0) is 11.3 Å². The first-order chi connectivity index (χ1) is 16.0. The SMILES string of the molecule is CCCCn1c(SCC(=O)Nc2cc(C)ccc2C)nc2c(-c3ccccc3)c[nH]c2c1=O. The zero-order valence-corrected chi connectivity index (χ0v) is 20.0. The molecule has 2 heterocycles. The molecule has 0 saturated carbocycles. The predicted octanol–water partition coefficient (Wildman–Crippen LogP) is 5.54. The van der Waals surface area contributed by atoms with Crippen LogP contribution in [0.25, 0.3) is 22.2 Å². The summed E-state index contributed by atoms with van der Waals surface area (Å²) in [6, 6.07) is 15.9. The average Bonchev–Trinajstić information content (AvgIpc) is 3.24. The first-order valence-electron chi connectivity index (χ1n) is 11.1. The summed E-state index contributed by atoms with van der Waals surface area (Å²) in [5.41, 5.74) is 5.81. The van der Waals surface area contributed by atoms with Crippen molar-refractivity contribution >= 4 is 34.4 Å². The number of aryl methyl sites for hydroxylation is 2. The van der Waals surface area contributed by atoms with Crippen LogP contribution in [0.3, 0.4) is 0 Å². The van der Waals surface area contributed by atoms with Crippen LogP contribution in [0.15, 0.2) is 64.7 Å². The van der Waals surface area contributed by atoms with Crippen LogP contribution < -0.4 is 10.9 Å². The van der Waals surface area contributed by atoms with Gasteiger partial charge in [-0.05, 0) is 43.0 Å². The molecular formula is C26H28N4O2S. The Morgan fingerprint density at radius 2 is 1.94 bits per heavy atom. The van der Waals surface area contributed by atoms with E-state index in [0.717, 1.165) is 40.8 Å². The molecule has 4 rings (SSSR count). The van der Waals surface area contributed by atoms with E-state index >= 15 is 0 Å². The van der Waals surface area contributed by atoms with Gasteiger partial charge in [-0.25, -0.2) is 4.98 Å². The van der Waals surface area contributed by atoms with Gasteiger partial charge in [0.2, 0.25) is 5.91 Å². The third-order valence-electron chi connectivity index (χ3n) is 5.57. The van der Waals surface area contributed by atoms with Crippen molar-refractivity contribution in [1.82, 2.24) is 14.5 Å². The number of benzene rings is 2. The number of fused-ring (bicyclic) bond motifs is 1. The topological polar surface area (TPSA) is 79.8 Å². The molecule has 6 nitrogen and oxygen atoms in total.